The molecule has 2 aromatic rings. The van der Waals surface area contributed by atoms with Crippen molar-refractivity contribution in [2.45, 2.75) is 113 Å². The van der Waals surface area contributed by atoms with Crippen molar-refractivity contribution in [1.82, 2.24) is 19.8 Å². The van der Waals surface area contributed by atoms with Gasteiger partial charge < -0.3 is 15.4 Å². The molecule has 6 aliphatic heterocycles. The number of esters is 1. The van der Waals surface area contributed by atoms with Crippen molar-refractivity contribution in [3.05, 3.63) is 55.7 Å². The monoisotopic (exact) mass is 761 g/mol. The Balaban J connectivity index is 1.56. The number of hydrogen-bond acceptors (Lipinski definition) is 5. The Morgan fingerprint density at radius 3 is 2.21 bits per heavy atom. The Morgan fingerprint density at radius 1 is 0.857 bits per heavy atom. The highest BCUT2D eigenvalue weighted by Gasteiger charge is 2.75. The van der Waals surface area contributed by atoms with Gasteiger partial charge in [0.2, 0.25) is 11.6 Å². The van der Waals surface area contributed by atoms with Crippen LogP contribution >= 0.6 is 0 Å². The third kappa shape index (κ3) is 4.93. The molecule has 0 radical (unpaired) electrons. The van der Waals surface area contributed by atoms with E-state index in [2.05, 4.69) is 109 Å². The predicted molar refractivity (Wildman–Crippen MR) is 220 cm³/mol. The first-order valence-corrected chi connectivity index (χ1v) is 21.1. The maximum Gasteiger partial charge on any atom is 0.552 e. The average Bonchev–Trinajstić information content (AvgIpc) is 3.85. The van der Waals surface area contributed by atoms with E-state index in [1.165, 1.54) is 24.1 Å². The molecule has 8 rings (SSSR count). The van der Waals surface area contributed by atoms with Crippen molar-refractivity contribution < 1.29 is 28.3 Å². The van der Waals surface area contributed by atoms with Crippen molar-refractivity contribution in [3.63, 3.8) is 0 Å². The lowest BCUT2D eigenvalue weighted by atomic mass is 9.83. The number of methoxy groups -OCH3 is 1. The van der Waals surface area contributed by atoms with Gasteiger partial charge in [-0.05, 0) is 64.0 Å². The molecule has 0 aromatic carbocycles. The standard InChI is InChI=1S/C45H57N7O4/c1-11-17-46-28(9)40-26(7)34-21-33-25(6)30(15-16-38(53)47-18-12-2)42-31(20-39(54)56-10)43-41(44(55)48-19-13-3)27(8)35-22-36-29(14-4)24(5)32-23-37(40)50(34)45(49(32)36,51(33)42)52(35)43/h21-25,29-30H,11-20H2,1-10H3/p+2/t24-,25+,29-,30+,45?/m1/s1. The number of carbonyl (C=O) groups excluding carboxylic acids is 3. The van der Waals surface area contributed by atoms with E-state index in [9.17, 15) is 14.4 Å². The SMILES string of the molecule is CCCN=C(C)c1c(C)c2n3c1=CC1=[N+]4C(=Cc5c(C)c(C(=O)NCCC)c6n5C34[N+]3=C(C=2)[C@@H](C)[C@H](CCC(=O)NCCC)C3=C6CC(=O)OC)[C@H](CC)[C@H]1C. The Hall–Kier alpha value is -4.80. The number of aromatic nitrogens is 2. The quantitative estimate of drug-likeness (QED) is 0.164. The molecule has 1 unspecified atom stereocenters. The minimum absolute atomic E-state index is 0.000391. The molecule has 2 amide bonds. The molecule has 0 saturated heterocycles. The summed E-state index contributed by atoms with van der Waals surface area (Å²) in [6, 6.07) is 0. The van der Waals surface area contributed by atoms with Crippen LogP contribution < -0.4 is 21.3 Å². The number of aliphatic imine (C=N–C) groups is 1. The predicted octanol–water partition coefficient (Wildman–Crippen LogP) is 4.77. The fourth-order valence-electron chi connectivity index (χ4n) is 10.9. The third-order valence-corrected chi connectivity index (χ3v) is 13.4. The largest absolute Gasteiger partial charge is 0.552 e. The molecule has 296 valence electrons. The number of amides is 2. The van der Waals surface area contributed by atoms with Gasteiger partial charge in [0.15, 0.2) is 17.1 Å². The fourth-order valence-corrected chi connectivity index (χ4v) is 10.9. The Morgan fingerprint density at radius 2 is 1.54 bits per heavy atom. The highest BCUT2D eigenvalue weighted by Crippen LogP contribution is 2.56. The first kappa shape index (κ1) is 38.1. The molecule has 2 N–H and O–H groups in total. The maximum atomic E-state index is 14.7. The summed E-state index contributed by atoms with van der Waals surface area (Å²) in [7, 11) is 1.43. The second kappa shape index (κ2) is 14.0. The van der Waals surface area contributed by atoms with Crippen LogP contribution in [-0.2, 0) is 20.2 Å². The summed E-state index contributed by atoms with van der Waals surface area (Å²) in [6.07, 6.45) is 11.6. The molecule has 56 heavy (non-hydrogen) atoms. The van der Waals surface area contributed by atoms with Gasteiger partial charge in [0, 0.05) is 55.6 Å². The smallest absolute Gasteiger partial charge is 0.469 e. The van der Waals surface area contributed by atoms with Gasteiger partial charge in [-0.1, -0.05) is 50.7 Å². The van der Waals surface area contributed by atoms with Crippen LogP contribution in [0.25, 0.3) is 23.8 Å². The summed E-state index contributed by atoms with van der Waals surface area (Å²) in [5.74, 6) is -1.08. The van der Waals surface area contributed by atoms with Crippen LogP contribution in [0, 0.1) is 37.5 Å². The van der Waals surface area contributed by atoms with Crippen molar-refractivity contribution in [2.24, 2.45) is 28.7 Å². The number of allylic oxidation sites excluding steroid dienone is 2. The molecular formula is C45H59N7O4+2. The number of carbonyl (C=O) groups is 3. The minimum Gasteiger partial charge on any atom is -0.469 e. The summed E-state index contributed by atoms with van der Waals surface area (Å²) < 4.78 is 15.5. The number of ether oxygens (including phenoxy) is 1. The lowest BCUT2D eigenvalue weighted by Crippen LogP contribution is -2.70. The van der Waals surface area contributed by atoms with E-state index < -0.39 is 5.91 Å². The highest BCUT2D eigenvalue weighted by atomic mass is 16.5. The molecule has 0 bridgehead atoms. The molecule has 5 atom stereocenters. The first-order valence-electron chi connectivity index (χ1n) is 21.1. The second-order valence-electron chi connectivity index (χ2n) is 16.6. The van der Waals surface area contributed by atoms with Crippen molar-refractivity contribution >= 4 is 58.7 Å². The molecule has 11 heteroatoms. The molecule has 0 aliphatic carbocycles. The topological polar surface area (TPSA) is 113 Å². The fraction of sp³-hybridized carbons (Fsp3) is 0.556. The molecule has 0 fully saturated rings. The van der Waals surface area contributed by atoms with Gasteiger partial charge >= 0.3 is 11.9 Å². The van der Waals surface area contributed by atoms with E-state index in [0.717, 1.165) is 88.1 Å². The molecule has 2 aromatic heterocycles. The van der Waals surface area contributed by atoms with Gasteiger partial charge in [0.05, 0.1) is 70.4 Å². The molecule has 11 nitrogen and oxygen atoms in total. The number of rotatable bonds is 14. The van der Waals surface area contributed by atoms with Gasteiger partial charge in [-0.3, -0.25) is 19.4 Å². The van der Waals surface area contributed by atoms with Gasteiger partial charge in [-0.25, -0.2) is 0 Å². The van der Waals surface area contributed by atoms with Gasteiger partial charge in [0.1, 0.15) is 0 Å². The van der Waals surface area contributed by atoms with Crippen LogP contribution in [0.15, 0.2) is 16.4 Å². The van der Waals surface area contributed by atoms with E-state index >= 15 is 0 Å². The van der Waals surface area contributed by atoms with Gasteiger partial charge in [-0.2, -0.15) is 9.13 Å². The third-order valence-electron chi connectivity index (χ3n) is 13.4. The summed E-state index contributed by atoms with van der Waals surface area (Å²) in [6.45, 7) is 21.6. The van der Waals surface area contributed by atoms with Crippen LogP contribution in [0.4, 0.5) is 0 Å². The normalized spacial score (nSPS) is 24.8. The van der Waals surface area contributed by atoms with E-state index in [0.29, 0.717) is 31.5 Å². The number of nitrogens with zero attached hydrogens (tertiary/aromatic N) is 5. The Bertz CT molecular complexity index is 2400. The van der Waals surface area contributed by atoms with Crippen molar-refractivity contribution in [1.29, 1.82) is 0 Å². The van der Waals surface area contributed by atoms with Crippen LogP contribution in [0.3, 0.4) is 0 Å². The lowest BCUT2D eigenvalue weighted by molar-refractivity contribution is -0.838. The molecular weight excluding hydrogens is 703 g/mol. The van der Waals surface area contributed by atoms with E-state index in [-0.39, 0.29) is 47.9 Å². The zero-order valence-electron chi connectivity index (χ0n) is 35.0. The average molecular weight is 762 g/mol. The van der Waals surface area contributed by atoms with E-state index in [4.69, 9.17) is 9.73 Å². The first-order chi connectivity index (χ1) is 26.9. The van der Waals surface area contributed by atoms with Crippen LogP contribution in [0.2, 0.25) is 0 Å². The summed E-state index contributed by atoms with van der Waals surface area (Å²) in [5, 5.41) is 8.56. The highest BCUT2D eigenvalue weighted by molar-refractivity contribution is 6.14. The summed E-state index contributed by atoms with van der Waals surface area (Å²) in [4.78, 5) is 46.7. The Kier molecular flexibility index (Phi) is 9.52. The Labute approximate surface area is 330 Å². The molecule has 6 aliphatic rings. The van der Waals surface area contributed by atoms with Crippen molar-refractivity contribution in [3.8, 4) is 0 Å². The van der Waals surface area contributed by atoms with E-state index in [1.807, 2.05) is 0 Å². The zero-order chi connectivity index (χ0) is 40.0. The number of nitrogens with one attached hydrogen (secondary N) is 2. The van der Waals surface area contributed by atoms with Crippen molar-refractivity contribution in [2.75, 3.05) is 26.7 Å². The van der Waals surface area contributed by atoms with Crippen LogP contribution in [0.1, 0.15) is 132 Å². The second-order valence-corrected chi connectivity index (χ2v) is 16.6. The van der Waals surface area contributed by atoms with Crippen LogP contribution in [-0.4, -0.2) is 79.9 Å². The van der Waals surface area contributed by atoms with Gasteiger partial charge in [0.25, 0.3) is 5.91 Å². The minimum atomic E-state index is -0.990. The molecule has 0 saturated carbocycles. The van der Waals surface area contributed by atoms with Gasteiger partial charge in [-0.15, -0.1) is 0 Å². The molecule has 8 heterocycles. The summed E-state index contributed by atoms with van der Waals surface area (Å²) >= 11 is 0. The van der Waals surface area contributed by atoms with E-state index in [1.54, 1.807) is 0 Å². The summed E-state index contributed by atoms with van der Waals surface area (Å²) in [5.41, 5.74) is 12.1. The zero-order valence-corrected chi connectivity index (χ0v) is 35.0. The number of hydrogen-bond donors (Lipinski definition) is 2. The van der Waals surface area contributed by atoms with Crippen LogP contribution in [0.5, 0.6) is 0 Å². The lowest BCUT2D eigenvalue weighted by Gasteiger charge is -2.39. The molecule has 1 spiro atoms. The maximum absolute atomic E-state index is 14.7.